The largest absolute Gasteiger partial charge is 0.466 e. The van der Waals surface area contributed by atoms with Gasteiger partial charge in [0.25, 0.3) is 0 Å². The molecular weight excluding hydrogens is 210 g/mol. The van der Waals surface area contributed by atoms with Crippen molar-refractivity contribution in [2.75, 3.05) is 13.2 Å². The van der Waals surface area contributed by atoms with Crippen LogP contribution >= 0.6 is 0 Å². The number of hydrogen-bond acceptors (Lipinski definition) is 4. The van der Waals surface area contributed by atoms with Crippen LogP contribution in [0.15, 0.2) is 4.99 Å². The van der Waals surface area contributed by atoms with Gasteiger partial charge < -0.3 is 9.47 Å². The number of carbonyl (C=O) groups is 2. The van der Waals surface area contributed by atoms with Crippen LogP contribution in [-0.4, -0.2) is 31.5 Å². The number of esters is 1. The number of hydrogen-bond donors (Lipinski definition) is 0. The first kappa shape index (κ1) is 14.6. The minimum Gasteiger partial charge on any atom is -0.466 e. The Morgan fingerprint density at radius 3 is 2.44 bits per heavy atom. The predicted molar refractivity (Wildman–Crippen MR) is 60.5 cm³/mol. The second kappa shape index (κ2) is 8.88. The van der Waals surface area contributed by atoms with Crippen LogP contribution in [0.3, 0.4) is 0 Å². The van der Waals surface area contributed by atoms with E-state index < -0.39 is 6.09 Å². The summed E-state index contributed by atoms with van der Waals surface area (Å²) >= 11 is 0. The van der Waals surface area contributed by atoms with Crippen molar-refractivity contribution in [1.82, 2.24) is 0 Å². The lowest BCUT2D eigenvalue weighted by Gasteiger charge is -2.04. The van der Waals surface area contributed by atoms with E-state index in [1.54, 1.807) is 13.8 Å². The number of nitrogens with zero attached hydrogens (tertiary/aromatic N) is 1. The molecule has 0 aliphatic heterocycles. The molecule has 0 aromatic rings. The van der Waals surface area contributed by atoms with Crippen molar-refractivity contribution in [3.8, 4) is 0 Å². The van der Waals surface area contributed by atoms with Gasteiger partial charge >= 0.3 is 12.1 Å². The number of amides is 1. The van der Waals surface area contributed by atoms with Crippen LogP contribution in [0.2, 0.25) is 0 Å². The van der Waals surface area contributed by atoms with Gasteiger partial charge in [0.1, 0.15) is 0 Å². The van der Waals surface area contributed by atoms with E-state index in [9.17, 15) is 9.59 Å². The van der Waals surface area contributed by atoms with Gasteiger partial charge in [-0.2, -0.15) is 4.99 Å². The molecule has 0 rings (SSSR count). The second-order valence-corrected chi connectivity index (χ2v) is 3.30. The molecule has 16 heavy (non-hydrogen) atoms. The number of ether oxygens (including phenoxy) is 2. The Morgan fingerprint density at radius 2 is 1.88 bits per heavy atom. The molecule has 0 aliphatic carbocycles. The zero-order valence-electron chi connectivity index (χ0n) is 10.1. The van der Waals surface area contributed by atoms with Crippen molar-refractivity contribution >= 4 is 18.3 Å². The number of aliphatic imine (C=N–C) groups is 1. The Hall–Kier alpha value is -1.39. The quantitative estimate of drug-likeness (QED) is 0.517. The average Bonchev–Trinajstić information content (AvgIpc) is 2.24. The van der Waals surface area contributed by atoms with E-state index in [-0.39, 0.29) is 11.9 Å². The molecule has 0 radical (unpaired) electrons. The summed E-state index contributed by atoms with van der Waals surface area (Å²) in [4.78, 5) is 25.5. The van der Waals surface area contributed by atoms with E-state index in [0.29, 0.717) is 26.1 Å². The molecule has 0 N–H and O–H groups in total. The lowest BCUT2D eigenvalue weighted by atomic mass is 10.1. The van der Waals surface area contributed by atoms with Crippen LogP contribution in [0.1, 0.15) is 33.6 Å². The maximum atomic E-state index is 11.0. The first-order valence-corrected chi connectivity index (χ1v) is 5.46. The third-order valence-electron chi connectivity index (χ3n) is 1.81. The fourth-order valence-electron chi connectivity index (χ4n) is 1.00. The standard InChI is InChI=1S/C11H19NO4/c1-4-15-10(13)7-6-9(3)8-12-11(14)16-5-2/h8-9H,4-7H2,1-3H3. The average molecular weight is 229 g/mol. The minimum absolute atomic E-state index is 0.0498. The van der Waals surface area contributed by atoms with E-state index in [4.69, 9.17) is 4.74 Å². The summed E-state index contributed by atoms with van der Waals surface area (Å²) in [5.74, 6) is -0.173. The van der Waals surface area contributed by atoms with Crippen LogP contribution < -0.4 is 0 Å². The molecule has 92 valence electrons. The molecule has 0 heterocycles. The topological polar surface area (TPSA) is 65.0 Å². The minimum atomic E-state index is -0.592. The summed E-state index contributed by atoms with van der Waals surface area (Å²) in [6.07, 6.45) is 1.86. The van der Waals surface area contributed by atoms with Gasteiger partial charge in [-0.15, -0.1) is 0 Å². The lowest BCUT2D eigenvalue weighted by molar-refractivity contribution is -0.143. The molecular formula is C11H19NO4. The van der Waals surface area contributed by atoms with Crippen LogP contribution in [0.5, 0.6) is 0 Å². The first-order valence-electron chi connectivity index (χ1n) is 5.46. The monoisotopic (exact) mass is 229 g/mol. The number of rotatable bonds is 6. The summed E-state index contributed by atoms with van der Waals surface area (Å²) in [5, 5.41) is 0. The molecule has 0 aromatic heterocycles. The Balaban J connectivity index is 3.77. The van der Waals surface area contributed by atoms with Gasteiger partial charge in [0.2, 0.25) is 0 Å². The molecule has 1 atom stereocenters. The van der Waals surface area contributed by atoms with E-state index in [1.165, 1.54) is 6.21 Å². The molecule has 0 saturated heterocycles. The zero-order chi connectivity index (χ0) is 12.4. The van der Waals surface area contributed by atoms with Crippen molar-refractivity contribution in [3.63, 3.8) is 0 Å². The third kappa shape index (κ3) is 7.96. The van der Waals surface area contributed by atoms with Gasteiger partial charge in [0.15, 0.2) is 0 Å². The van der Waals surface area contributed by atoms with Crippen LogP contribution in [-0.2, 0) is 14.3 Å². The Bertz CT molecular complexity index is 250. The predicted octanol–water partition coefficient (Wildman–Crippen LogP) is 2.19. The van der Waals surface area contributed by atoms with Crippen LogP contribution in [0, 0.1) is 5.92 Å². The highest BCUT2D eigenvalue weighted by Gasteiger charge is 2.06. The normalized spacial score (nSPS) is 12.4. The van der Waals surface area contributed by atoms with Gasteiger partial charge in [-0.25, -0.2) is 4.79 Å². The highest BCUT2D eigenvalue weighted by molar-refractivity contribution is 5.80. The second-order valence-electron chi connectivity index (χ2n) is 3.30. The van der Waals surface area contributed by atoms with Crippen molar-refractivity contribution in [2.45, 2.75) is 33.6 Å². The molecule has 0 aromatic carbocycles. The summed E-state index contributed by atoms with van der Waals surface area (Å²) in [5.41, 5.74) is 0. The molecule has 5 heteroatoms. The van der Waals surface area contributed by atoms with Crippen LogP contribution in [0.4, 0.5) is 4.79 Å². The highest BCUT2D eigenvalue weighted by Crippen LogP contribution is 2.04. The molecule has 0 fully saturated rings. The Labute approximate surface area is 95.8 Å². The molecule has 0 bridgehead atoms. The maximum Gasteiger partial charge on any atom is 0.433 e. The number of carbonyl (C=O) groups excluding carboxylic acids is 2. The van der Waals surface area contributed by atoms with Crippen molar-refractivity contribution < 1.29 is 19.1 Å². The van der Waals surface area contributed by atoms with Gasteiger partial charge in [0, 0.05) is 12.6 Å². The van der Waals surface area contributed by atoms with Crippen molar-refractivity contribution in [3.05, 3.63) is 0 Å². The van der Waals surface area contributed by atoms with Gasteiger partial charge in [-0.05, 0) is 26.2 Å². The Kier molecular flexibility index (Phi) is 8.11. The van der Waals surface area contributed by atoms with Gasteiger partial charge in [0.05, 0.1) is 13.2 Å². The van der Waals surface area contributed by atoms with Crippen molar-refractivity contribution in [2.24, 2.45) is 10.9 Å². The lowest BCUT2D eigenvalue weighted by Crippen LogP contribution is -2.08. The maximum absolute atomic E-state index is 11.0. The SMILES string of the molecule is CCOC(=O)CCC(C)C=NC(=O)OCC. The molecule has 0 aliphatic rings. The van der Waals surface area contributed by atoms with E-state index in [0.717, 1.165) is 0 Å². The van der Waals surface area contributed by atoms with E-state index in [2.05, 4.69) is 9.73 Å². The van der Waals surface area contributed by atoms with Gasteiger partial charge in [-0.3, -0.25) is 4.79 Å². The fraction of sp³-hybridized carbons (Fsp3) is 0.727. The summed E-state index contributed by atoms with van der Waals surface area (Å²) in [6, 6.07) is 0. The van der Waals surface area contributed by atoms with Crippen LogP contribution in [0.25, 0.3) is 0 Å². The smallest absolute Gasteiger partial charge is 0.433 e. The Morgan fingerprint density at radius 1 is 1.25 bits per heavy atom. The molecule has 1 amide bonds. The summed E-state index contributed by atoms with van der Waals surface area (Å²) < 4.78 is 9.41. The summed E-state index contributed by atoms with van der Waals surface area (Å²) in [7, 11) is 0. The van der Waals surface area contributed by atoms with Gasteiger partial charge in [-0.1, -0.05) is 6.92 Å². The first-order chi connectivity index (χ1) is 7.60. The van der Waals surface area contributed by atoms with E-state index in [1.807, 2.05) is 6.92 Å². The van der Waals surface area contributed by atoms with Crippen molar-refractivity contribution in [1.29, 1.82) is 0 Å². The molecule has 0 saturated carbocycles. The summed E-state index contributed by atoms with van der Waals surface area (Å²) in [6.45, 7) is 6.07. The molecule has 5 nitrogen and oxygen atoms in total. The highest BCUT2D eigenvalue weighted by atomic mass is 16.5. The molecule has 1 unspecified atom stereocenters. The molecule has 0 spiro atoms. The van der Waals surface area contributed by atoms with E-state index >= 15 is 0 Å². The zero-order valence-corrected chi connectivity index (χ0v) is 10.1. The third-order valence-corrected chi connectivity index (χ3v) is 1.81. The fourth-order valence-corrected chi connectivity index (χ4v) is 1.00.